The van der Waals surface area contributed by atoms with Crippen LogP contribution >= 0.6 is 11.3 Å². The van der Waals surface area contributed by atoms with E-state index in [4.69, 9.17) is 9.47 Å². The van der Waals surface area contributed by atoms with E-state index >= 15 is 0 Å². The van der Waals surface area contributed by atoms with E-state index in [9.17, 15) is 9.59 Å². The SMILES string of the molecule is COCC1CCCN1C(=O)c1csc(C2CCN(C(=O)OC(C)(C)C)CC2)n1. The van der Waals surface area contributed by atoms with Gasteiger partial charge in [0.05, 0.1) is 17.7 Å². The number of aromatic nitrogens is 1. The number of amides is 2. The second-order valence-electron chi connectivity index (χ2n) is 8.56. The topological polar surface area (TPSA) is 72.0 Å². The van der Waals surface area contributed by atoms with Crippen LogP contribution in [0.15, 0.2) is 5.38 Å². The van der Waals surface area contributed by atoms with Gasteiger partial charge in [-0.25, -0.2) is 9.78 Å². The predicted molar refractivity (Wildman–Crippen MR) is 108 cm³/mol. The Morgan fingerprint density at radius 2 is 1.93 bits per heavy atom. The molecule has 2 aliphatic rings. The van der Waals surface area contributed by atoms with Gasteiger partial charge in [-0.2, -0.15) is 0 Å². The molecule has 7 nitrogen and oxygen atoms in total. The highest BCUT2D eigenvalue weighted by Gasteiger charge is 2.32. The second kappa shape index (κ2) is 8.78. The summed E-state index contributed by atoms with van der Waals surface area (Å²) in [5, 5.41) is 2.87. The van der Waals surface area contributed by atoms with Crippen molar-refractivity contribution in [3.63, 3.8) is 0 Å². The molecule has 2 amide bonds. The van der Waals surface area contributed by atoms with Crippen LogP contribution in [0.1, 0.15) is 67.9 Å². The summed E-state index contributed by atoms with van der Waals surface area (Å²) in [5.41, 5.74) is 0.0620. The number of nitrogens with zero attached hydrogens (tertiary/aromatic N) is 3. The van der Waals surface area contributed by atoms with E-state index in [1.54, 1.807) is 23.3 Å². The van der Waals surface area contributed by atoms with E-state index in [0.29, 0.717) is 31.3 Å². The van der Waals surface area contributed by atoms with Gasteiger partial charge in [0.2, 0.25) is 0 Å². The molecule has 2 saturated heterocycles. The maximum atomic E-state index is 12.8. The molecule has 0 bridgehead atoms. The average Bonchev–Trinajstić information content (AvgIpc) is 3.30. The number of methoxy groups -OCH3 is 1. The third-order valence-electron chi connectivity index (χ3n) is 5.23. The zero-order chi connectivity index (χ0) is 20.3. The highest BCUT2D eigenvalue weighted by molar-refractivity contribution is 7.09. The minimum absolute atomic E-state index is 0.00763. The number of carbonyl (C=O) groups excluding carboxylic acids is 2. The quantitative estimate of drug-likeness (QED) is 0.761. The maximum absolute atomic E-state index is 12.8. The molecule has 0 aliphatic carbocycles. The van der Waals surface area contributed by atoms with E-state index in [-0.39, 0.29) is 18.0 Å². The molecule has 0 radical (unpaired) electrons. The van der Waals surface area contributed by atoms with Crippen molar-refractivity contribution in [3.8, 4) is 0 Å². The predicted octanol–water partition coefficient (Wildman–Crippen LogP) is 3.51. The van der Waals surface area contributed by atoms with Gasteiger partial charge in [0.15, 0.2) is 0 Å². The third kappa shape index (κ3) is 5.03. The Kier molecular flexibility index (Phi) is 6.60. The monoisotopic (exact) mass is 409 g/mol. The largest absolute Gasteiger partial charge is 0.444 e. The summed E-state index contributed by atoms with van der Waals surface area (Å²) in [5.74, 6) is 0.298. The lowest BCUT2D eigenvalue weighted by molar-refractivity contribution is 0.0204. The molecule has 28 heavy (non-hydrogen) atoms. The number of hydrogen-bond donors (Lipinski definition) is 0. The summed E-state index contributed by atoms with van der Waals surface area (Å²) in [4.78, 5) is 33.4. The fourth-order valence-corrected chi connectivity index (χ4v) is 4.79. The van der Waals surface area contributed by atoms with Crippen LogP contribution in [0.2, 0.25) is 0 Å². The molecule has 3 heterocycles. The highest BCUT2D eigenvalue weighted by Crippen LogP contribution is 2.31. The van der Waals surface area contributed by atoms with Crippen molar-refractivity contribution < 1.29 is 19.1 Å². The Balaban J connectivity index is 1.56. The van der Waals surface area contributed by atoms with E-state index in [2.05, 4.69) is 4.98 Å². The average molecular weight is 410 g/mol. The number of likely N-dealkylation sites (tertiary alicyclic amines) is 2. The van der Waals surface area contributed by atoms with Crippen molar-refractivity contribution in [2.75, 3.05) is 33.4 Å². The Bertz CT molecular complexity index is 692. The van der Waals surface area contributed by atoms with Gasteiger partial charge in [-0.15, -0.1) is 11.3 Å². The smallest absolute Gasteiger partial charge is 0.410 e. The molecule has 0 spiro atoms. The highest BCUT2D eigenvalue weighted by atomic mass is 32.1. The van der Waals surface area contributed by atoms with Crippen molar-refractivity contribution in [2.45, 2.75) is 64.0 Å². The van der Waals surface area contributed by atoms with Gasteiger partial charge in [0, 0.05) is 38.0 Å². The molecule has 3 rings (SSSR count). The minimum atomic E-state index is -0.477. The molecule has 2 fully saturated rings. The Labute approximate surface area is 171 Å². The summed E-state index contributed by atoms with van der Waals surface area (Å²) >= 11 is 1.55. The van der Waals surface area contributed by atoms with Crippen LogP contribution in [0.5, 0.6) is 0 Å². The third-order valence-corrected chi connectivity index (χ3v) is 6.24. The lowest BCUT2D eigenvalue weighted by atomic mass is 9.98. The number of carbonyl (C=O) groups is 2. The number of ether oxygens (including phenoxy) is 2. The first-order valence-corrected chi connectivity index (χ1v) is 10.9. The molecule has 0 saturated carbocycles. The molecule has 2 aliphatic heterocycles. The fraction of sp³-hybridized carbons (Fsp3) is 0.750. The van der Waals surface area contributed by atoms with Gasteiger partial charge in [0.1, 0.15) is 11.3 Å². The van der Waals surface area contributed by atoms with E-state index in [0.717, 1.165) is 37.2 Å². The molecule has 0 aromatic carbocycles. The first kappa shape index (κ1) is 21.0. The van der Waals surface area contributed by atoms with Gasteiger partial charge in [-0.1, -0.05) is 0 Å². The lowest BCUT2D eigenvalue weighted by Crippen LogP contribution is -2.41. The second-order valence-corrected chi connectivity index (χ2v) is 9.45. The van der Waals surface area contributed by atoms with Gasteiger partial charge in [-0.05, 0) is 46.5 Å². The van der Waals surface area contributed by atoms with Gasteiger partial charge in [0.25, 0.3) is 5.91 Å². The van der Waals surface area contributed by atoms with Crippen molar-refractivity contribution in [1.82, 2.24) is 14.8 Å². The zero-order valence-electron chi connectivity index (χ0n) is 17.3. The normalized spacial score (nSPS) is 21.2. The van der Waals surface area contributed by atoms with Gasteiger partial charge >= 0.3 is 6.09 Å². The van der Waals surface area contributed by atoms with Crippen LogP contribution in [-0.4, -0.2) is 71.8 Å². The van der Waals surface area contributed by atoms with E-state index in [1.165, 1.54) is 0 Å². The number of hydrogen-bond acceptors (Lipinski definition) is 6. The molecule has 8 heteroatoms. The van der Waals surface area contributed by atoms with Crippen LogP contribution < -0.4 is 0 Å². The maximum Gasteiger partial charge on any atom is 0.410 e. The molecular formula is C20H31N3O4S. The van der Waals surface area contributed by atoms with Crippen molar-refractivity contribution >= 4 is 23.3 Å². The zero-order valence-corrected chi connectivity index (χ0v) is 18.1. The van der Waals surface area contributed by atoms with Gasteiger partial charge < -0.3 is 19.3 Å². The molecular weight excluding hydrogens is 378 g/mol. The number of thiazole rings is 1. The standard InChI is InChI=1S/C20H31N3O4S/c1-20(2,3)27-19(25)22-10-7-14(8-11-22)17-21-16(13-28-17)18(24)23-9-5-6-15(23)12-26-4/h13-15H,5-12H2,1-4H3. The molecule has 1 atom stereocenters. The van der Waals surface area contributed by atoms with Gasteiger partial charge in [-0.3, -0.25) is 4.79 Å². The van der Waals surface area contributed by atoms with Crippen molar-refractivity contribution in [1.29, 1.82) is 0 Å². The van der Waals surface area contributed by atoms with E-state index < -0.39 is 5.60 Å². The fourth-order valence-electron chi connectivity index (χ4n) is 3.82. The van der Waals surface area contributed by atoms with Crippen LogP contribution in [0.3, 0.4) is 0 Å². The summed E-state index contributed by atoms with van der Waals surface area (Å²) in [6.45, 7) is 8.30. The molecule has 1 aromatic rings. The molecule has 0 N–H and O–H groups in total. The minimum Gasteiger partial charge on any atom is -0.444 e. The molecule has 1 aromatic heterocycles. The van der Waals surface area contributed by atoms with Crippen LogP contribution in [0.4, 0.5) is 4.79 Å². The molecule has 156 valence electrons. The number of rotatable bonds is 4. The Morgan fingerprint density at radius 3 is 2.57 bits per heavy atom. The van der Waals surface area contributed by atoms with Crippen molar-refractivity contribution in [2.24, 2.45) is 0 Å². The summed E-state index contributed by atoms with van der Waals surface area (Å²) < 4.78 is 10.7. The molecule has 1 unspecified atom stereocenters. The van der Waals surface area contributed by atoms with Crippen LogP contribution in [0, 0.1) is 0 Å². The van der Waals surface area contributed by atoms with Crippen molar-refractivity contribution in [3.05, 3.63) is 16.1 Å². The number of piperidine rings is 1. The Morgan fingerprint density at radius 1 is 1.21 bits per heavy atom. The Hall–Kier alpha value is -1.67. The first-order valence-electron chi connectivity index (χ1n) is 10.0. The summed E-state index contributed by atoms with van der Waals surface area (Å²) in [7, 11) is 1.67. The van der Waals surface area contributed by atoms with Crippen LogP contribution in [-0.2, 0) is 9.47 Å². The van der Waals surface area contributed by atoms with Crippen LogP contribution in [0.25, 0.3) is 0 Å². The lowest BCUT2D eigenvalue weighted by Gasteiger charge is -2.32. The summed E-state index contributed by atoms with van der Waals surface area (Å²) in [6.07, 6.45) is 3.44. The summed E-state index contributed by atoms with van der Waals surface area (Å²) in [6, 6.07) is 0.153. The van der Waals surface area contributed by atoms with E-state index in [1.807, 2.05) is 31.1 Å². The first-order chi connectivity index (χ1) is 13.3.